The van der Waals surface area contributed by atoms with Crippen molar-refractivity contribution in [2.45, 2.75) is 25.8 Å². The first-order valence-electron chi connectivity index (χ1n) is 6.50. The summed E-state index contributed by atoms with van der Waals surface area (Å²) in [4.78, 5) is 0. The Morgan fingerprint density at radius 2 is 2.22 bits per heavy atom. The summed E-state index contributed by atoms with van der Waals surface area (Å²) >= 11 is 5.79. The summed E-state index contributed by atoms with van der Waals surface area (Å²) in [7, 11) is 0. The van der Waals surface area contributed by atoms with E-state index in [1.807, 2.05) is 0 Å². The average Bonchev–Trinajstić information content (AvgIpc) is 3.18. The Bertz CT molecular complexity index is 407. The highest BCUT2D eigenvalue weighted by Crippen LogP contribution is 2.36. The Kier molecular flexibility index (Phi) is 4.60. The lowest BCUT2D eigenvalue weighted by Crippen LogP contribution is -2.32. The molecule has 3 N–H and O–H groups in total. The third-order valence-corrected chi connectivity index (χ3v) is 3.98. The Labute approximate surface area is 113 Å². The minimum absolute atomic E-state index is 0.0456. The molecule has 100 valence electrons. The Hall–Kier alpha value is -0.640. The maximum absolute atomic E-state index is 13.1. The summed E-state index contributed by atoms with van der Waals surface area (Å²) in [6.07, 6.45) is 2.69. The standard InChI is InChI=1S/C14H20ClFN2/c1-9(10-2-3-10)8-18-14(7-17)11-4-5-13(16)12(15)6-11/h4-6,9-10,14,18H,2-3,7-8,17H2,1H3. The van der Waals surface area contributed by atoms with E-state index in [0.29, 0.717) is 12.5 Å². The molecule has 1 aliphatic carbocycles. The number of benzene rings is 1. The van der Waals surface area contributed by atoms with Crippen LogP contribution in [0.2, 0.25) is 5.02 Å². The number of hydrogen-bond acceptors (Lipinski definition) is 2. The van der Waals surface area contributed by atoms with Gasteiger partial charge in [-0.2, -0.15) is 0 Å². The van der Waals surface area contributed by atoms with Gasteiger partial charge in [-0.05, 0) is 48.9 Å². The molecule has 0 heterocycles. The quantitative estimate of drug-likeness (QED) is 0.834. The molecule has 1 saturated carbocycles. The molecule has 0 saturated heterocycles. The van der Waals surface area contributed by atoms with Crippen LogP contribution in [0, 0.1) is 17.7 Å². The van der Waals surface area contributed by atoms with Crippen molar-refractivity contribution in [1.82, 2.24) is 5.32 Å². The zero-order valence-corrected chi connectivity index (χ0v) is 11.4. The average molecular weight is 271 g/mol. The fraction of sp³-hybridized carbons (Fsp3) is 0.571. The highest BCUT2D eigenvalue weighted by atomic mass is 35.5. The summed E-state index contributed by atoms with van der Waals surface area (Å²) in [5.74, 6) is 1.16. The summed E-state index contributed by atoms with van der Waals surface area (Å²) in [5, 5.41) is 3.60. The summed E-state index contributed by atoms with van der Waals surface area (Å²) in [6.45, 7) is 3.69. The molecule has 0 aliphatic heterocycles. The molecule has 1 fully saturated rings. The minimum Gasteiger partial charge on any atom is -0.329 e. The van der Waals surface area contributed by atoms with Gasteiger partial charge in [-0.25, -0.2) is 4.39 Å². The Morgan fingerprint density at radius 3 is 2.78 bits per heavy atom. The molecule has 2 nitrogen and oxygen atoms in total. The maximum Gasteiger partial charge on any atom is 0.141 e. The lowest BCUT2D eigenvalue weighted by molar-refractivity contribution is 0.422. The van der Waals surface area contributed by atoms with Crippen LogP contribution in [0.3, 0.4) is 0 Å². The van der Waals surface area contributed by atoms with Gasteiger partial charge >= 0.3 is 0 Å². The fourth-order valence-electron chi connectivity index (χ4n) is 2.23. The van der Waals surface area contributed by atoms with Crippen LogP contribution in [0.15, 0.2) is 18.2 Å². The predicted molar refractivity (Wildman–Crippen MR) is 73.1 cm³/mol. The van der Waals surface area contributed by atoms with Crippen LogP contribution in [0.1, 0.15) is 31.4 Å². The number of nitrogens with one attached hydrogen (secondary N) is 1. The Morgan fingerprint density at radius 1 is 1.50 bits per heavy atom. The van der Waals surface area contributed by atoms with E-state index in [9.17, 15) is 4.39 Å². The molecule has 1 aliphatic rings. The lowest BCUT2D eigenvalue weighted by atomic mass is 10.0. The molecule has 0 bridgehead atoms. The van der Waals surface area contributed by atoms with Gasteiger partial charge in [-0.15, -0.1) is 0 Å². The van der Waals surface area contributed by atoms with E-state index in [4.69, 9.17) is 17.3 Å². The van der Waals surface area contributed by atoms with E-state index in [2.05, 4.69) is 12.2 Å². The molecule has 1 aromatic rings. The minimum atomic E-state index is -0.387. The highest BCUT2D eigenvalue weighted by Gasteiger charge is 2.28. The molecule has 4 heteroatoms. The van der Waals surface area contributed by atoms with Crippen LogP contribution < -0.4 is 11.1 Å². The van der Waals surface area contributed by atoms with Crippen LogP contribution in [-0.2, 0) is 0 Å². The van der Waals surface area contributed by atoms with Crippen LogP contribution in [0.25, 0.3) is 0 Å². The molecule has 0 aromatic heterocycles. The summed E-state index contributed by atoms with van der Waals surface area (Å²) in [6, 6.07) is 4.84. The first-order valence-corrected chi connectivity index (χ1v) is 6.88. The van der Waals surface area contributed by atoms with Crippen molar-refractivity contribution in [3.05, 3.63) is 34.6 Å². The van der Waals surface area contributed by atoms with Crippen molar-refractivity contribution in [3.63, 3.8) is 0 Å². The van der Waals surface area contributed by atoms with Crippen molar-refractivity contribution < 1.29 is 4.39 Å². The van der Waals surface area contributed by atoms with Crippen LogP contribution in [0.4, 0.5) is 4.39 Å². The molecule has 0 radical (unpaired) electrons. The van der Waals surface area contributed by atoms with Crippen LogP contribution >= 0.6 is 11.6 Å². The maximum atomic E-state index is 13.1. The molecular weight excluding hydrogens is 251 g/mol. The number of nitrogens with two attached hydrogens (primary N) is 1. The van der Waals surface area contributed by atoms with Crippen molar-refractivity contribution in [2.75, 3.05) is 13.1 Å². The molecule has 0 amide bonds. The Balaban J connectivity index is 1.96. The van der Waals surface area contributed by atoms with Crippen molar-refractivity contribution in [3.8, 4) is 0 Å². The van der Waals surface area contributed by atoms with E-state index in [1.54, 1.807) is 12.1 Å². The van der Waals surface area contributed by atoms with Gasteiger partial charge in [0.1, 0.15) is 5.82 Å². The highest BCUT2D eigenvalue weighted by molar-refractivity contribution is 6.30. The fourth-order valence-corrected chi connectivity index (χ4v) is 2.42. The van der Waals surface area contributed by atoms with E-state index in [-0.39, 0.29) is 16.9 Å². The number of halogens is 2. The lowest BCUT2D eigenvalue weighted by Gasteiger charge is -2.20. The second-order valence-electron chi connectivity index (χ2n) is 5.18. The number of hydrogen-bond donors (Lipinski definition) is 2. The zero-order chi connectivity index (χ0) is 13.1. The van der Waals surface area contributed by atoms with Crippen molar-refractivity contribution in [1.29, 1.82) is 0 Å². The second-order valence-corrected chi connectivity index (χ2v) is 5.59. The predicted octanol–water partition coefficient (Wildman–Crippen LogP) is 3.11. The first-order chi connectivity index (χ1) is 8.61. The van der Waals surface area contributed by atoms with Gasteiger partial charge < -0.3 is 11.1 Å². The molecule has 2 atom stereocenters. The second kappa shape index (κ2) is 6.00. The van der Waals surface area contributed by atoms with Gasteiger partial charge in [-0.3, -0.25) is 0 Å². The van der Waals surface area contributed by atoms with Gasteiger partial charge in [0.25, 0.3) is 0 Å². The molecule has 18 heavy (non-hydrogen) atoms. The zero-order valence-electron chi connectivity index (χ0n) is 10.6. The topological polar surface area (TPSA) is 38.0 Å². The van der Waals surface area contributed by atoms with Crippen molar-refractivity contribution >= 4 is 11.6 Å². The third-order valence-electron chi connectivity index (χ3n) is 3.69. The molecular formula is C14H20ClFN2. The van der Waals surface area contributed by atoms with E-state index in [1.165, 1.54) is 18.9 Å². The first kappa shape index (κ1) is 13.8. The molecule has 1 aromatic carbocycles. The van der Waals surface area contributed by atoms with Gasteiger partial charge in [0.05, 0.1) is 5.02 Å². The van der Waals surface area contributed by atoms with Crippen LogP contribution in [0.5, 0.6) is 0 Å². The summed E-state index contributed by atoms with van der Waals surface area (Å²) < 4.78 is 13.1. The molecule has 2 unspecified atom stereocenters. The van der Waals surface area contributed by atoms with Gasteiger partial charge in [-0.1, -0.05) is 24.6 Å². The summed E-state index contributed by atoms with van der Waals surface area (Å²) in [5.41, 5.74) is 6.72. The normalized spacial score (nSPS) is 18.7. The van der Waals surface area contributed by atoms with Crippen LogP contribution in [-0.4, -0.2) is 13.1 Å². The SMILES string of the molecule is CC(CNC(CN)c1ccc(F)c(Cl)c1)C1CC1. The largest absolute Gasteiger partial charge is 0.329 e. The monoisotopic (exact) mass is 270 g/mol. The van der Waals surface area contributed by atoms with Gasteiger partial charge in [0.15, 0.2) is 0 Å². The number of rotatable bonds is 6. The van der Waals surface area contributed by atoms with Gasteiger partial charge in [0.2, 0.25) is 0 Å². The molecule has 0 spiro atoms. The smallest absolute Gasteiger partial charge is 0.141 e. The van der Waals surface area contributed by atoms with Gasteiger partial charge in [0, 0.05) is 12.6 Å². The third kappa shape index (κ3) is 3.44. The van der Waals surface area contributed by atoms with E-state index < -0.39 is 0 Å². The van der Waals surface area contributed by atoms with Crippen molar-refractivity contribution in [2.24, 2.45) is 17.6 Å². The molecule has 2 rings (SSSR count). The van der Waals surface area contributed by atoms with E-state index in [0.717, 1.165) is 18.0 Å². The van der Waals surface area contributed by atoms with E-state index >= 15 is 0 Å².